The van der Waals surface area contributed by atoms with E-state index >= 15 is 0 Å². The molecule has 1 fully saturated rings. The van der Waals surface area contributed by atoms with Gasteiger partial charge in [-0.05, 0) is 62.3 Å². The number of aryl methyl sites for hydroxylation is 2. The standard InChI is InChI=1S/C26H32N6O2/c1-18-16-31(17-27-18)23-8-6-20(15-24(23)34-3)7-9-25-28-26-22(5-4-12-32(26)29-25)21-10-13-30(14-11-21)19(2)33/h6-9,15-17,21-22H,4-5,10-14H2,1-3H3/b9-7+. The number of methoxy groups -OCH3 is 1. The Morgan fingerprint density at radius 2 is 1.97 bits per heavy atom. The Morgan fingerprint density at radius 3 is 2.68 bits per heavy atom. The predicted octanol–water partition coefficient (Wildman–Crippen LogP) is 4.09. The number of imidazole rings is 1. The SMILES string of the molecule is COc1cc(/C=C/c2nc3n(n2)CCCC3C2CCN(C(C)=O)CC2)ccc1-n1cnc(C)c1. The van der Waals surface area contributed by atoms with Crippen molar-refractivity contribution in [2.24, 2.45) is 5.92 Å². The second-order valence-corrected chi connectivity index (χ2v) is 9.33. The van der Waals surface area contributed by atoms with E-state index in [0.29, 0.717) is 11.8 Å². The largest absolute Gasteiger partial charge is 0.495 e. The monoisotopic (exact) mass is 460 g/mol. The molecule has 0 aliphatic carbocycles. The van der Waals surface area contributed by atoms with Crippen LogP contribution >= 0.6 is 0 Å². The van der Waals surface area contributed by atoms with Gasteiger partial charge in [0, 0.05) is 38.7 Å². The van der Waals surface area contributed by atoms with Crippen molar-refractivity contribution in [1.29, 1.82) is 0 Å². The van der Waals surface area contributed by atoms with Crippen LogP contribution in [0.15, 0.2) is 30.7 Å². The van der Waals surface area contributed by atoms with Gasteiger partial charge in [-0.15, -0.1) is 0 Å². The molecule has 2 aliphatic rings. The van der Waals surface area contributed by atoms with E-state index in [1.807, 2.05) is 46.9 Å². The van der Waals surface area contributed by atoms with Gasteiger partial charge in [-0.3, -0.25) is 4.79 Å². The molecule has 0 spiro atoms. The Kier molecular flexibility index (Phi) is 6.22. The number of carbonyl (C=O) groups is 1. The maximum absolute atomic E-state index is 11.7. The number of hydrogen-bond donors (Lipinski definition) is 0. The van der Waals surface area contributed by atoms with Crippen molar-refractivity contribution < 1.29 is 9.53 Å². The highest BCUT2D eigenvalue weighted by Crippen LogP contribution is 2.38. The lowest BCUT2D eigenvalue weighted by atomic mass is 9.80. The Morgan fingerprint density at radius 1 is 1.15 bits per heavy atom. The summed E-state index contributed by atoms with van der Waals surface area (Å²) in [6.07, 6.45) is 12.2. The number of rotatable bonds is 5. The fourth-order valence-electron chi connectivity index (χ4n) is 5.27. The number of piperidine rings is 1. The lowest BCUT2D eigenvalue weighted by Crippen LogP contribution is -2.39. The normalized spacial score (nSPS) is 18.9. The van der Waals surface area contributed by atoms with Crippen molar-refractivity contribution in [2.75, 3.05) is 20.2 Å². The molecule has 0 saturated carbocycles. The van der Waals surface area contributed by atoms with Crippen molar-refractivity contribution in [1.82, 2.24) is 29.2 Å². The van der Waals surface area contributed by atoms with E-state index in [9.17, 15) is 4.79 Å². The molecule has 1 amide bonds. The van der Waals surface area contributed by atoms with Crippen molar-refractivity contribution in [3.8, 4) is 11.4 Å². The van der Waals surface area contributed by atoms with Gasteiger partial charge in [-0.25, -0.2) is 14.6 Å². The Balaban J connectivity index is 1.32. The molecule has 1 saturated heterocycles. The van der Waals surface area contributed by atoms with Gasteiger partial charge < -0.3 is 14.2 Å². The first-order valence-electron chi connectivity index (χ1n) is 12.1. The molecule has 178 valence electrons. The number of amides is 1. The fourth-order valence-corrected chi connectivity index (χ4v) is 5.27. The molecule has 2 aromatic heterocycles. The van der Waals surface area contributed by atoms with Crippen LogP contribution in [0.25, 0.3) is 17.8 Å². The Labute approximate surface area is 200 Å². The molecule has 8 heteroatoms. The van der Waals surface area contributed by atoms with Gasteiger partial charge in [-0.2, -0.15) is 5.10 Å². The van der Waals surface area contributed by atoms with E-state index in [2.05, 4.69) is 15.7 Å². The number of aromatic nitrogens is 5. The Bertz CT molecular complexity index is 1200. The van der Waals surface area contributed by atoms with Crippen LogP contribution in [0.4, 0.5) is 0 Å². The Hall–Kier alpha value is -3.42. The number of benzene rings is 1. The van der Waals surface area contributed by atoms with Crippen LogP contribution in [0.2, 0.25) is 0 Å². The molecular weight excluding hydrogens is 428 g/mol. The molecule has 8 nitrogen and oxygen atoms in total. The van der Waals surface area contributed by atoms with Gasteiger partial charge >= 0.3 is 0 Å². The van der Waals surface area contributed by atoms with Crippen LogP contribution in [0, 0.1) is 12.8 Å². The first kappa shape index (κ1) is 22.4. The third-order valence-electron chi connectivity index (χ3n) is 7.11. The van der Waals surface area contributed by atoms with Crippen molar-refractivity contribution >= 4 is 18.1 Å². The third-order valence-corrected chi connectivity index (χ3v) is 7.11. The number of likely N-dealkylation sites (tertiary alicyclic amines) is 1. The van der Waals surface area contributed by atoms with E-state index in [-0.39, 0.29) is 5.91 Å². The van der Waals surface area contributed by atoms with Crippen LogP contribution in [0.5, 0.6) is 5.75 Å². The molecule has 1 unspecified atom stereocenters. The molecule has 1 aromatic carbocycles. The molecule has 0 radical (unpaired) electrons. The topological polar surface area (TPSA) is 78.1 Å². The van der Waals surface area contributed by atoms with E-state index in [1.54, 1.807) is 20.4 Å². The molecular formula is C26H32N6O2. The highest BCUT2D eigenvalue weighted by Gasteiger charge is 2.33. The summed E-state index contributed by atoms with van der Waals surface area (Å²) in [5, 5.41) is 4.78. The van der Waals surface area contributed by atoms with Crippen LogP contribution in [-0.4, -0.2) is 55.3 Å². The summed E-state index contributed by atoms with van der Waals surface area (Å²) in [7, 11) is 1.68. The summed E-state index contributed by atoms with van der Waals surface area (Å²) in [4.78, 5) is 22.9. The zero-order valence-electron chi connectivity index (χ0n) is 20.1. The average Bonchev–Trinajstić information content (AvgIpc) is 3.48. The van der Waals surface area contributed by atoms with Crippen molar-refractivity contribution in [2.45, 2.75) is 52.0 Å². The zero-order valence-corrected chi connectivity index (χ0v) is 20.1. The van der Waals surface area contributed by atoms with Gasteiger partial charge in [0.2, 0.25) is 5.91 Å². The lowest BCUT2D eigenvalue weighted by molar-refractivity contribution is -0.130. The zero-order chi connectivity index (χ0) is 23.7. The van der Waals surface area contributed by atoms with Gasteiger partial charge in [-0.1, -0.05) is 12.1 Å². The fraction of sp³-hybridized carbons (Fsp3) is 0.462. The van der Waals surface area contributed by atoms with Crippen LogP contribution in [0.1, 0.15) is 61.4 Å². The highest BCUT2D eigenvalue weighted by molar-refractivity contribution is 5.73. The summed E-state index contributed by atoms with van der Waals surface area (Å²) in [6, 6.07) is 6.11. The van der Waals surface area contributed by atoms with E-state index in [4.69, 9.17) is 14.8 Å². The van der Waals surface area contributed by atoms with Crippen LogP contribution < -0.4 is 4.74 Å². The average molecular weight is 461 g/mol. The molecule has 0 bridgehead atoms. The quantitative estimate of drug-likeness (QED) is 0.573. The number of carbonyl (C=O) groups excluding carboxylic acids is 1. The van der Waals surface area contributed by atoms with Crippen molar-refractivity contribution in [3.63, 3.8) is 0 Å². The van der Waals surface area contributed by atoms with Crippen LogP contribution in [-0.2, 0) is 11.3 Å². The minimum atomic E-state index is 0.183. The maximum Gasteiger partial charge on any atom is 0.219 e. The summed E-state index contributed by atoms with van der Waals surface area (Å²) < 4.78 is 9.69. The second-order valence-electron chi connectivity index (χ2n) is 9.33. The number of nitrogens with zero attached hydrogens (tertiary/aromatic N) is 6. The van der Waals surface area contributed by atoms with Gasteiger partial charge in [0.05, 0.1) is 24.8 Å². The highest BCUT2D eigenvalue weighted by atomic mass is 16.5. The molecule has 34 heavy (non-hydrogen) atoms. The second kappa shape index (κ2) is 9.44. The molecule has 5 rings (SSSR count). The lowest BCUT2D eigenvalue weighted by Gasteiger charge is -2.36. The summed E-state index contributed by atoms with van der Waals surface area (Å²) in [6.45, 7) is 6.27. The number of hydrogen-bond acceptors (Lipinski definition) is 5. The first-order chi connectivity index (χ1) is 16.5. The van der Waals surface area contributed by atoms with Gasteiger partial charge in [0.1, 0.15) is 11.6 Å². The maximum atomic E-state index is 11.7. The number of fused-ring (bicyclic) bond motifs is 1. The number of ether oxygens (including phenoxy) is 1. The summed E-state index contributed by atoms with van der Waals surface area (Å²) in [5.41, 5.74) is 2.94. The van der Waals surface area contributed by atoms with Crippen LogP contribution in [0.3, 0.4) is 0 Å². The van der Waals surface area contributed by atoms with Gasteiger partial charge in [0.15, 0.2) is 5.82 Å². The van der Waals surface area contributed by atoms with E-state index < -0.39 is 0 Å². The van der Waals surface area contributed by atoms with Crippen molar-refractivity contribution in [3.05, 3.63) is 53.6 Å². The van der Waals surface area contributed by atoms with E-state index in [0.717, 1.165) is 79.7 Å². The smallest absolute Gasteiger partial charge is 0.219 e. The molecule has 1 atom stereocenters. The summed E-state index contributed by atoms with van der Waals surface area (Å²) >= 11 is 0. The molecule has 3 aromatic rings. The van der Waals surface area contributed by atoms with E-state index in [1.165, 1.54) is 0 Å². The molecule has 2 aliphatic heterocycles. The molecule has 4 heterocycles. The first-order valence-corrected chi connectivity index (χ1v) is 12.1. The predicted molar refractivity (Wildman–Crippen MR) is 131 cm³/mol. The minimum Gasteiger partial charge on any atom is -0.495 e. The van der Waals surface area contributed by atoms with Gasteiger partial charge in [0.25, 0.3) is 0 Å². The minimum absolute atomic E-state index is 0.183. The molecule has 0 N–H and O–H groups in total. The third kappa shape index (κ3) is 4.49. The summed E-state index contributed by atoms with van der Waals surface area (Å²) in [5.74, 6) is 3.82.